The van der Waals surface area contributed by atoms with Crippen molar-refractivity contribution in [2.24, 2.45) is 5.92 Å². The van der Waals surface area contributed by atoms with Gasteiger partial charge in [-0.15, -0.1) is 0 Å². The first-order valence-corrected chi connectivity index (χ1v) is 14.0. The van der Waals surface area contributed by atoms with Gasteiger partial charge in [0.15, 0.2) is 0 Å². The Morgan fingerprint density at radius 1 is 1.13 bits per heavy atom. The lowest BCUT2D eigenvalue weighted by Gasteiger charge is -2.28. The zero-order chi connectivity index (χ0) is 27.1. The molecule has 0 radical (unpaired) electrons. The highest BCUT2D eigenvalue weighted by Gasteiger charge is 2.40. The Bertz CT molecular complexity index is 1430. The van der Waals surface area contributed by atoms with Crippen LogP contribution in [-0.2, 0) is 16.0 Å². The minimum atomic E-state index is -1.16. The molecule has 0 bridgehead atoms. The van der Waals surface area contributed by atoms with Gasteiger partial charge >= 0.3 is 5.97 Å². The third-order valence-corrected chi connectivity index (χ3v) is 8.87. The number of aliphatic hydroxyl groups is 1. The third-order valence-electron chi connectivity index (χ3n) is 7.15. The molecule has 0 saturated heterocycles. The summed E-state index contributed by atoms with van der Waals surface area (Å²) in [6, 6.07) is 12.9. The number of aliphatic carboxylic acids is 1. The Labute approximate surface area is 242 Å². The van der Waals surface area contributed by atoms with E-state index in [1.54, 1.807) is 29.2 Å². The fraction of sp³-hybridized carbons (Fsp3) is 0.250. The number of carbonyl (C=O) groups is 3. The number of benzene rings is 2. The number of amides is 2. The van der Waals surface area contributed by atoms with E-state index in [0.717, 1.165) is 37.0 Å². The molecule has 2 unspecified atom stereocenters. The molecule has 5 rings (SSSR count). The molecular weight excluding hydrogens is 665 g/mol. The molecule has 2 aromatic carbocycles. The van der Waals surface area contributed by atoms with Crippen LogP contribution in [0.3, 0.4) is 0 Å². The van der Waals surface area contributed by atoms with Gasteiger partial charge < -0.3 is 25.3 Å². The van der Waals surface area contributed by atoms with Crippen molar-refractivity contribution in [2.75, 3.05) is 25.0 Å². The molecule has 2 atom stereocenters. The molecule has 38 heavy (non-hydrogen) atoms. The summed E-state index contributed by atoms with van der Waals surface area (Å²) in [5, 5.41) is 22.4. The van der Waals surface area contributed by atoms with Gasteiger partial charge in [-0.1, -0.05) is 34.1 Å². The molecule has 0 saturated carbocycles. The van der Waals surface area contributed by atoms with E-state index < -0.39 is 5.97 Å². The van der Waals surface area contributed by atoms with Crippen LogP contribution in [0.4, 0.5) is 5.69 Å². The largest absolute Gasteiger partial charge is 0.507 e. The Hall–Kier alpha value is -3.12. The molecule has 8 nitrogen and oxygen atoms in total. The number of hydrogen-bond acceptors (Lipinski definition) is 5. The first-order chi connectivity index (χ1) is 18.2. The van der Waals surface area contributed by atoms with Gasteiger partial charge in [0.05, 0.1) is 17.3 Å². The van der Waals surface area contributed by atoms with Crippen molar-refractivity contribution in [3.8, 4) is 0 Å². The number of rotatable bonds is 6. The van der Waals surface area contributed by atoms with Gasteiger partial charge in [0.25, 0.3) is 5.91 Å². The van der Waals surface area contributed by atoms with Crippen LogP contribution in [0.1, 0.15) is 27.9 Å². The maximum absolute atomic E-state index is 12.7. The van der Waals surface area contributed by atoms with E-state index in [2.05, 4.69) is 43.8 Å². The summed E-state index contributed by atoms with van der Waals surface area (Å²) >= 11 is 5.69. The zero-order valence-corrected chi connectivity index (χ0v) is 24.2. The second-order valence-electron chi connectivity index (χ2n) is 9.41. The molecule has 1 aliphatic carbocycles. The molecule has 196 valence electrons. The Morgan fingerprint density at radius 2 is 1.87 bits per heavy atom. The predicted molar refractivity (Wildman–Crippen MR) is 156 cm³/mol. The number of nitrogens with zero attached hydrogens (tertiary/aromatic N) is 2. The molecule has 3 aliphatic rings. The molecule has 0 spiro atoms. The van der Waals surface area contributed by atoms with Crippen LogP contribution in [-0.4, -0.2) is 59.1 Å². The van der Waals surface area contributed by atoms with Crippen molar-refractivity contribution >= 4 is 67.7 Å². The van der Waals surface area contributed by atoms with E-state index in [-0.39, 0.29) is 48.1 Å². The lowest BCUT2D eigenvalue weighted by atomic mass is 9.91. The molecule has 10 heteroatoms. The summed E-state index contributed by atoms with van der Waals surface area (Å²) in [7, 11) is 1.90. The van der Waals surface area contributed by atoms with E-state index in [9.17, 15) is 24.6 Å². The van der Waals surface area contributed by atoms with Gasteiger partial charge in [0.2, 0.25) is 5.91 Å². The van der Waals surface area contributed by atoms with Crippen molar-refractivity contribution < 1.29 is 24.6 Å². The van der Waals surface area contributed by atoms with E-state index in [1.165, 1.54) is 0 Å². The Kier molecular flexibility index (Phi) is 7.36. The Morgan fingerprint density at radius 3 is 2.58 bits per heavy atom. The normalized spacial score (nSPS) is 20.1. The minimum Gasteiger partial charge on any atom is -0.507 e. The number of hydrogen-bond donors (Lipinski definition) is 3. The number of aliphatic hydroxyl groups excluding tert-OH is 1. The number of nitrogens with one attached hydrogen (secondary N) is 1. The van der Waals surface area contributed by atoms with E-state index in [4.69, 9.17) is 0 Å². The molecule has 2 aliphatic heterocycles. The van der Waals surface area contributed by atoms with Gasteiger partial charge in [0, 0.05) is 51.8 Å². The molecule has 2 aromatic rings. The van der Waals surface area contributed by atoms with Crippen LogP contribution in [0, 0.1) is 5.92 Å². The SMILES string of the molecule is CN1C(c2ccc(C(=O)NCCC(=O)N3CCc4cc(Br)ccc43)cc2)=C(I)C2C=C(C(=O)O)C(O)=CC21. The average molecular weight is 690 g/mol. The van der Waals surface area contributed by atoms with Gasteiger partial charge in [-0.05, 0) is 76.5 Å². The molecule has 3 N–H and O–H groups in total. The topological polar surface area (TPSA) is 110 Å². The monoisotopic (exact) mass is 689 g/mol. The van der Waals surface area contributed by atoms with Gasteiger partial charge in [-0.3, -0.25) is 9.59 Å². The number of carboxylic acids is 1. The van der Waals surface area contributed by atoms with Gasteiger partial charge in [-0.25, -0.2) is 4.79 Å². The van der Waals surface area contributed by atoms with Crippen LogP contribution in [0.2, 0.25) is 0 Å². The number of fused-ring (bicyclic) bond motifs is 2. The number of carbonyl (C=O) groups excluding carboxylic acids is 2. The highest BCUT2D eigenvalue weighted by atomic mass is 127. The van der Waals surface area contributed by atoms with Crippen LogP contribution in [0.15, 0.2) is 74.0 Å². The van der Waals surface area contributed by atoms with E-state index in [1.807, 2.05) is 42.3 Å². The third kappa shape index (κ3) is 4.86. The van der Waals surface area contributed by atoms with Crippen molar-refractivity contribution in [2.45, 2.75) is 18.9 Å². The van der Waals surface area contributed by atoms with Gasteiger partial charge in [-0.2, -0.15) is 0 Å². The van der Waals surface area contributed by atoms with Crippen molar-refractivity contribution in [3.05, 3.63) is 90.7 Å². The Balaban J connectivity index is 1.21. The molecule has 2 heterocycles. The second kappa shape index (κ2) is 10.6. The fourth-order valence-electron chi connectivity index (χ4n) is 5.22. The maximum Gasteiger partial charge on any atom is 0.339 e. The van der Waals surface area contributed by atoms with Crippen molar-refractivity contribution in [3.63, 3.8) is 0 Å². The first-order valence-electron chi connectivity index (χ1n) is 12.1. The quantitative estimate of drug-likeness (QED) is 0.381. The van der Waals surface area contributed by atoms with E-state index >= 15 is 0 Å². The zero-order valence-electron chi connectivity index (χ0n) is 20.4. The summed E-state index contributed by atoms with van der Waals surface area (Å²) in [6.45, 7) is 0.888. The fourth-order valence-corrected chi connectivity index (χ4v) is 6.87. The van der Waals surface area contributed by atoms with Crippen molar-refractivity contribution in [1.29, 1.82) is 0 Å². The van der Waals surface area contributed by atoms with Gasteiger partial charge in [0.1, 0.15) is 5.76 Å². The molecular formula is C28H25BrIN3O5. The molecule has 0 fully saturated rings. The first kappa shape index (κ1) is 26.5. The highest BCUT2D eigenvalue weighted by molar-refractivity contribution is 14.1. The summed E-state index contributed by atoms with van der Waals surface area (Å²) in [6.07, 6.45) is 4.20. The maximum atomic E-state index is 12.7. The number of carboxylic acid groups (broad SMARTS) is 1. The standard InChI is InChI=1S/C28H25BrIN3O5/c1-32-22-14-23(34)20(28(37)38)13-19(22)25(30)26(32)15-2-4-16(5-3-15)27(36)31-10-8-24(35)33-11-9-17-12-18(29)6-7-21(17)33/h2-7,12-14,19,22,34H,8-11H2,1H3,(H,31,36)(H,37,38). The van der Waals surface area contributed by atoms with Crippen molar-refractivity contribution in [1.82, 2.24) is 10.2 Å². The lowest BCUT2D eigenvalue weighted by molar-refractivity contribution is -0.132. The summed E-state index contributed by atoms with van der Waals surface area (Å²) in [5.41, 5.74) is 4.26. The van der Waals surface area contributed by atoms with Crippen LogP contribution in [0.5, 0.6) is 0 Å². The molecule has 2 amide bonds. The highest BCUT2D eigenvalue weighted by Crippen LogP contribution is 2.46. The predicted octanol–water partition coefficient (Wildman–Crippen LogP) is 4.66. The van der Waals surface area contributed by atoms with E-state index in [0.29, 0.717) is 12.1 Å². The minimum absolute atomic E-state index is 0.0193. The number of anilines is 1. The summed E-state index contributed by atoms with van der Waals surface area (Å²) in [4.78, 5) is 40.7. The number of halogens is 2. The van der Waals surface area contributed by atoms with Crippen LogP contribution < -0.4 is 10.2 Å². The smallest absolute Gasteiger partial charge is 0.339 e. The average Bonchev–Trinajstić information content (AvgIpc) is 3.41. The van der Waals surface area contributed by atoms with Crippen LogP contribution in [0.25, 0.3) is 5.70 Å². The van der Waals surface area contributed by atoms with Crippen LogP contribution >= 0.6 is 38.5 Å². The lowest BCUT2D eigenvalue weighted by Crippen LogP contribution is -2.33. The summed E-state index contributed by atoms with van der Waals surface area (Å²) < 4.78 is 1.96. The number of likely N-dealkylation sites (N-methyl/N-ethyl adjacent to an activating group) is 1. The summed E-state index contributed by atoms with van der Waals surface area (Å²) in [5.74, 6) is -1.85. The second-order valence-corrected chi connectivity index (χ2v) is 11.5. The molecule has 0 aromatic heterocycles.